The zero-order chi connectivity index (χ0) is 17.6. The van der Waals surface area contributed by atoms with Gasteiger partial charge in [0.05, 0.1) is 19.8 Å². The van der Waals surface area contributed by atoms with Crippen molar-refractivity contribution in [1.29, 1.82) is 0 Å². The van der Waals surface area contributed by atoms with Crippen LogP contribution in [0.1, 0.15) is 0 Å². The molecule has 1 N–H and O–H groups in total. The highest BCUT2D eigenvalue weighted by Crippen LogP contribution is 2.42. The monoisotopic (exact) mass is 342 g/mol. The number of aromatic hydroxyl groups is 1. The van der Waals surface area contributed by atoms with Crippen LogP contribution in [0, 0.1) is 0 Å². The molecule has 0 saturated heterocycles. The van der Waals surface area contributed by atoms with E-state index in [1.807, 2.05) is 0 Å². The Balaban J connectivity index is 1.97. The first-order valence-corrected chi connectivity index (χ1v) is 7.43. The summed E-state index contributed by atoms with van der Waals surface area (Å²) in [4.78, 5) is 12.9. The Morgan fingerprint density at radius 3 is 2.64 bits per heavy atom. The molecule has 0 unspecified atom stereocenters. The molecule has 0 aliphatic carbocycles. The Kier molecular flexibility index (Phi) is 3.42. The maximum absolute atomic E-state index is 12.9. The molecule has 2 aromatic carbocycles. The first kappa shape index (κ1) is 15.2. The van der Waals surface area contributed by atoms with E-state index in [4.69, 9.17) is 23.4 Å². The molecular weight excluding hydrogens is 328 g/mol. The van der Waals surface area contributed by atoms with Gasteiger partial charge < -0.3 is 28.5 Å². The predicted molar refractivity (Wildman–Crippen MR) is 88.8 cm³/mol. The van der Waals surface area contributed by atoms with Gasteiger partial charge in [0.2, 0.25) is 18.0 Å². The lowest BCUT2D eigenvalue weighted by Gasteiger charge is -2.11. The molecule has 4 rings (SSSR count). The summed E-state index contributed by atoms with van der Waals surface area (Å²) in [5, 5.41) is 10.5. The van der Waals surface area contributed by atoms with Crippen LogP contribution in [0.5, 0.6) is 28.7 Å². The number of ether oxygens (including phenoxy) is 4. The zero-order valence-electron chi connectivity index (χ0n) is 13.5. The Bertz CT molecular complexity index is 1040. The Hall–Kier alpha value is -3.35. The van der Waals surface area contributed by atoms with Crippen LogP contribution in [-0.4, -0.2) is 26.1 Å². The fraction of sp³-hybridized carbons (Fsp3) is 0.167. The van der Waals surface area contributed by atoms with Crippen LogP contribution in [-0.2, 0) is 0 Å². The third kappa shape index (κ3) is 2.24. The number of methoxy groups -OCH3 is 2. The molecule has 0 bridgehead atoms. The van der Waals surface area contributed by atoms with Crippen molar-refractivity contribution in [2.75, 3.05) is 21.0 Å². The molecule has 0 saturated carbocycles. The topological polar surface area (TPSA) is 87.4 Å². The van der Waals surface area contributed by atoms with Crippen LogP contribution < -0.4 is 24.4 Å². The average Bonchev–Trinajstić information content (AvgIpc) is 3.09. The third-order valence-corrected chi connectivity index (χ3v) is 4.07. The standard InChI is InChI=1S/C18H14O7/c1-21-14-6-13-15(17(20)18(14)22-2)16(19)10(7-23-13)9-3-4-11-12(5-9)25-8-24-11/h3-7,20H,8H2,1-2H3. The maximum atomic E-state index is 12.9. The molecule has 25 heavy (non-hydrogen) atoms. The molecule has 0 atom stereocenters. The van der Waals surface area contributed by atoms with E-state index in [2.05, 4.69) is 0 Å². The van der Waals surface area contributed by atoms with E-state index in [9.17, 15) is 9.90 Å². The van der Waals surface area contributed by atoms with Gasteiger partial charge in [-0.15, -0.1) is 0 Å². The Labute approximate surface area is 141 Å². The first-order valence-electron chi connectivity index (χ1n) is 7.43. The lowest BCUT2D eigenvalue weighted by molar-refractivity contribution is 0.174. The maximum Gasteiger partial charge on any atom is 0.231 e. The summed E-state index contributed by atoms with van der Waals surface area (Å²) in [6, 6.07) is 6.64. The van der Waals surface area contributed by atoms with Crippen molar-refractivity contribution in [3.8, 4) is 39.9 Å². The molecule has 0 radical (unpaired) electrons. The molecule has 3 aromatic rings. The van der Waals surface area contributed by atoms with Crippen molar-refractivity contribution in [3.63, 3.8) is 0 Å². The quantitative estimate of drug-likeness (QED) is 0.783. The van der Waals surface area contributed by atoms with Gasteiger partial charge in [-0.05, 0) is 17.7 Å². The second kappa shape index (κ2) is 5.62. The third-order valence-electron chi connectivity index (χ3n) is 4.07. The molecule has 1 aromatic heterocycles. The van der Waals surface area contributed by atoms with Crippen molar-refractivity contribution >= 4 is 11.0 Å². The van der Waals surface area contributed by atoms with Gasteiger partial charge in [0.1, 0.15) is 17.2 Å². The average molecular weight is 342 g/mol. The number of benzene rings is 2. The summed E-state index contributed by atoms with van der Waals surface area (Å²) in [5.41, 5.74) is 0.686. The number of fused-ring (bicyclic) bond motifs is 2. The second-order valence-corrected chi connectivity index (χ2v) is 5.38. The molecule has 1 aliphatic heterocycles. The van der Waals surface area contributed by atoms with E-state index < -0.39 is 5.43 Å². The van der Waals surface area contributed by atoms with Gasteiger partial charge in [0, 0.05) is 6.07 Å². The van der Waals surface area contributed by atoms with Gasteiger partial charge in [0.25, 0.3) is 0 Å². The van der Waals surface area contributed by atoms with Crippen molar-refractivity contribution in [1.82, 2.24) is 0 Å². The van der Waals surface area contributed by atoms with Crippen LogP contribution in [0.2, 0.25) is 0 Å². The number of phenolic OH excluding ortho intramolecular Hbond substituents is 1. The highest BCUT2D eigenvalue weighted by Gasteiger charge is 2.21. The van der Waals surface area contributed by atoms with Gasteiger partial charge in [-0.3, -0.25) is 4.79 Å². The number of hydrogen-bond donors (Lipinski definition) is 1. The highest BCUT2D eigenvalue weighted by atomic mass is 16.7. The SMILES string of the molecule is COc1cc2occ(-c3ccc4c(c3)OCO4)c(=O)c2c(O)c1OC. The Morgan fingerprint density at radius 1 is 1.08 bits per heavy atom. The minimum Gasteiger partial charge on any atom is -0.504 e. The van der Waals surface area contributed by atoms with E-state index in [-0.39, 0.29) is 40.6 Å². The molecule has 2 heterocycles. The number of phenols is 1. The van der Waals surface area contributed by atoms with E-state index in [0.29, 0.717) is 17.1 Å². The van der Waals surface area contributed by atoms with E-state index in [1.54, 1.807) is 18.2 Å². The minimum absolute atomic E-state index is 0.0211. The Morgan fingerprint density at radius 2 is 1.88 bits per heavy atom. The lowest BCUT2D eigenvalue weighted by atomic mass is 10.0. The van der Waals surface area contributed by atoms with Gasteiger partial charge in [-0.1, -0.05) is 6.07 Å². The highest BCUT2D eigenvalue weighted by molar-refractivity contribution is 5.91. The molecule has 128 valence electrons. The van der Waals surface area contributed by atoms with Crippen molar-refractivity contribution in [3.05, 3.63) is 40.8 Å². The lowest BCUT2D eigenvalue weighted by Crippen LogP contribution is -2.06. The molecule has 0 amide bonds. The molecule has 0 spiro atoms. The summed E-state index contributed by atoms with van der Waals surface area (Å²) in [6.07, 6.45) is 1.34. The van der Waals surface area contributed by atoms with Crippen molar-refractivity contribution < 1.29 is 28.5 Å². The molecular formula is C18H14O7. The summed E-state index contributed by atoms with van der Waals surface area (Å²) >= 11 is 0. The summed E-state index contributed by atoms with van der Waals surface area (Å²) in [6.45, 7) is 0.142. The van der Waals surface area contributed by atoms with E-state index >= 15 is 0 Å². The first-order chi connectivity index (χ1) is 12.1. The van der Waals surface area contributed by atoms with Gasteiger partial charge in [-0.2, -0.15) is 0 Å². The normalized spacial score (nSPS) is 12.4. The van der Waals surface area contributed by atoms with E-state index in [0.717, 1.165) is 0 Å². The second-order valence-electron chi connectivity index (χ2n) is 5.38. The van der Waals surface area contributed by atoms with Crippen LogP contribution in [0.3, 0.4) is 0 Å². The number of hydrogen-bond acceptors (Lipinski definition) is 7. The molecule has 7 nitrogen and oxygen atoms in total. The van der Waals surface area contributed by atoms with Gasteiger partial charge >= 0.3 is 0 Å². The van der Waals surface area contributed by atoms with Gasteiger partial charge in [0.15, 0.2) is 23.0 Å². The van der Waals surface area contributed by atoms with Crippen molar-refractivity contribution in [2.24, 2.45) is 0 Å². The molecule has 7 heteroatoms. The number of rotatable bonds is 3. The smallest absolute Gasteiger partial charge is 0.231 e. The van der Waals surface area contributed by atoms with Crippen molar-refractivity contribution in [2.45, 2.75) is 0 Å². The summed E-state index contributed by atoms with van der Waals surface area (Å²) < 4.78 is 26.5. The van der Waals surface area contributed by atoms with Crippen LogP contribution in [0.15, 0.2) is 39.7 Å². The predicted octanol–water partition coefficient (Wildman–Crippen LogP) is 2.91. The molecule has 0 fully saturated rings. The van der Waals surface area contributed by atoms with Gasteiger partial charge in [-0.25, -0.2) is 0 Å². The van der Waals surface area contributed by atoms with Crippen LogP contribution in [0.25, 0.3) is 22.1 Å². The fourth-order valence-corrected chi connectivity index (χ4v) is 2.84. The molecule has 1 aliphatic rings. The largest absolute Gasteiger partial charge is 0.504 e. The van der Waals surface area contributed by atoms with Crippen LogP contribution in [0.4, 0.5) is 0 Å². The fourth-order valence-electron chi connectivity index (χ4n) is 2.84. The summed E-state index contributed by atoms with van der Waals surface area (Å²) in [5.74, 6) is 1.18. The van der Waals surface area contributed by atoms with E-state index in [1.165, 1.54) is 26.5 Å². The zero-order valence-corrected chi connectivity index (χ0v) is 13.5. The minimum atomic E-state index is -0.390. The summed E-state index contributed by atoms with van der Waals surface area (Å²) in [7, 11) is 2.81. The van der Waals surface area contributed by atoms with Crippen LogP contribution >= 0.6 is 0 Å².